The van der Waals surface area contributed by atoms with Crippen molar-refractivity contribution in [2.75, 3.05) is 30.4 Å². The van der Waals surface area contributed by atoms with E-state index in [2.05, 4.69) is 23.2 Å². The summed E-state index contributed by atoms with van der Waals surface area (Å²) in [7, 11) is 1.66. The van der Waals surface area contributed by atoms with Gasteiger partial charge in [0.1, 0.15) is 5.75 Å². The molecule has 1 saturated heterocycles. The van der Waals surface area contributed by atoms with Crippen molar-refractivity contribution < 1.29 is 9.53 Å². The van der Waals surface area contributed by atoms with E-state index in [1.54, 1.807) is 18.4 Å². The third kappa shape index (κ3) is 4.25. The molecule has 1 N–H and O–H groups in total. The van der Waals surface area contributed by atoms with Gasteiger partial charge >= 0.3 is 0 Å². The van der Waals surface area contributed by atoms with Gasteiger partial charge in [-0.25, -0.2) is 4.68 Å². The predicted octanol–water partition coefficient (Wildman–Crippen LogP) is 5.22. The van der Waals surface area contributed by atoms with Crippen LogP contribution in [0.4, 0.5) is 10.8 Å². The van der Waals surface area contributed by atoms with E-state index >= 15 is 0 Å². The van der Waals surface area contributed by atoms with Gasteiger partial charge in [0.2, 0.25) is 5.91 Å². The number of carbonyl (C=O) groups excluding carboxylic acids is 1. The molecule has 0 radical (unpaired) electrons. The lowest BCUT2D eigenvalue weighted by molar-refractivity contribution is -0.120. The average molecular weight is 476 g/mol. The Morgan fingerprint density at radius 3 is 2.76 bits per heavy atom. The number of carbonyl (C=O) groups is 1. The maximum absolute atomic E-state index is 13.1. The molecule has 1 fully saturated rings. The van der Waals surface area contributed by atoms with Gasteiger partial charge in [-0.3, -0.25) is 4.79 Å². The summed E-state index contributed by atoms with van der Waals surface area (Å²) in [6, 6.07) is 15.9. The first kappa shape index (κ1) is 22.4. The van der Waals surface area contributed by atoms with Crippen molar-refractivity contribution in [1.82, 2.24) is 14.8 Å². The summed E-state index contributed by atoms with van der Waals surface area (Å²) in [6.07, 6.45) is 2.75. The summed E-state index contributed by atoms with van der Waals surface area (Å²) in [5.41, 5.74) is 4.83. The average Bonchev–Trinajstić information content (AvgIpc) is 3.45. The van der Waals surface area contributed by atoms with E-state index in [1.807, 2.05) is 54.1 Å². The Balaban J connectivity index is 1.36. The Morgan fingerprint density at radius 1 is 1.21 bits per heavy atom. The molecule has 1 amide bonds. The number of anilines is 2. The minimum Gasteiger partial charge on any atom is -0.497 e. The lowest BCUT2D eigenvalue weighted by Gasteiger charge is -2.31. The van der Waals surface area contributed by atoms with Crippen molar-refractivity contribution in [3.05, 3.63) is 59.8 Å². The number of methoxy groups -OCH3 is 1. The van der Waals surface area contributed by atoms with E-state index in [0.717, 1.165) is 69.7 Å². The SMILES string of the molecule is CCc1ccccc1NC(=O)C1CCCN(c2nc3c(s2)c(C)nn3-c2ccc(OC)cc2)C1. The normalized spacial score (nSPS) is 16.1. The first-order chi connectivity index (χ1) is 16.6. The zero-order chi connectivity index (χ0) is 23.7. The molecule has 2 aromatic heterocycles. The molecule has 7 nitrogen and oxygen atoms in total. The highest BCUT2D eigenvalue weighted by Crippen LogP contribution is 2.35. The number of nitrogens with zero attached hydrogens (tertiary/aromatic N) is 4. The van der Waals surface area contributed by atoms with Crippen LogP contribution in [0.25, 0.3) is 16.0 Å². The Morgan fingerprint density at radius 2 is 2.00 bits per heavy atom. The standard InChI is InChI=1S/C26H29N5O2S/c1-4-18-8-5-6-10-22(18)27-25(32)19-9-7-15-30(16-19)26-28-24-23(34-26)17(2)29-31(24)20-11-13-21(33-3)14-12-20/h5-6,8,10-14,19H,4,7,9,15-16H2,1-3H3,(H,27,32). The van der Waals surface area contributed by atoms with Crippen molar-refractivity contribution in [2.45, 2.75) is 33.1 Å². The number of para-hydroxylation sites is 1. The number of benzene rings is 2. The van der Waals surface area contributed by atoms with Gasteiger partial charge < -0.3 is 15.0 Å². The van der Waals surface area contributed by atoms with Gasteiger partial charge in [0, 0.05) is 18.8 Å². The topological polar surface area (TPSA) is 72.3 Å². The van der Waals surface area contributed by atoms with Gasteiger partial charge in [0.05, 0.1) is 29.1 Å². The van der Waals surface area contributed by atoms with Gasteiger partial charge in [-0.2, -0.15) is 10.1 Å². The van der Waals surface area contributed by atoms with Gasteiger partial charge in [-0.15, -0.1) is 0 Å². The van der Waals surface area contributed by atoms with E-state index in [1.165, 1.54) is 0 Å². The Hall–Kier alpha value is -3.39. The summed E-state index contributed by atoms with van der Waals surface area (Å²) in [5.74, 6) is 0.833. The number of ether oxygens (including phenoxy) is 1. The maximum atomic E-state index is 13.1. The number of amides is 1. The maximum Gasteiger partial charge on any atom is 0.229 e. The predicted molar refractivity (Wildman–Crippen MR) is 137 cm³/mol. The fraction of sp³-hybridized carbons (Fsp3) is 0.346. The number of hydrogen-bond donors (Lipinski definition) is 1. The summed E-state index contributed by atoms with van der Waals surface area (Å²) in [4.78, 5) is 20.3. The second kappa shape index (κ2) is 9.46. The van der Waals surface area contributed by atoms with Gasteiger partial charge in [0.25, 0.3) is 0 Å². The van der Waals surface area contributed by atoms with Crippen LogP contribution in [0.5, 0.6) is 5.75 Å². The number of aryl methyl sites for hydroxylation is 2. The molecule has 34 heavy (non-hydrogen) atoms. The number of hydrogen-bond acceptors (Lipinski definition) is 6. The number of piperidine rings is 1. The van der Waals surface area contributed by atoms with Crippen LogP contribution in [0.1, 0.15) is 31.0 Å². The number of rotatable bonds is 6. The van der Waals surface area contributed by atoms with Crippen LogP contribution in [0.15, 0.2) is 48.5 Å². The van der Waals surface area contributed by atoms with Crippen molar-refractivity contribution in [3.8, 4) is 11.4 Å². The van der Waals surface area contributed by atoms with Crippen LogP contribution in [0, 0.1) is 12.8 Å². The summed E-state index contributed by atoms with van der Waals surface area (Å²) >= 11 is 1.65. The molecule has 5 rings (SSSR count). The molecular weight excluding hydrogens is 446 g/mol. The molecule has 0 bridgehead atoms. The summed E-state index contributed by atoms with van der Waals surface area (Å²) in [6.45, 7) is 5.70. The molecule has 1 aliphatic rings. The highest BCUT2D eigenvalue weighted by Gasteiger charge is 2.28. The van der Waals surface area contributed by atoms with Gasteiger partial charge in [0.15, 0.2) is 10.8 Å². The molecule has 1 aliphatic heterocycles. The van der Waals surface area contributed by atoms with Crippen LogP contribution in [0.3, 0.4) is 0 Å². The fourth-order valence-corrected chi connectivity index (χ4v) is 5.53. The molecule has 2 aromatic carbocycles. The highest BCUT2D eigenvalue weighted by molar-refractivity contribution is 7.22. The molecule has 176 valence electrons. The van der Waals surface area contributed by atoms with Gasteiger partial charge in [-0.1, -0.05) is 36.5 Å². The number of aromatic nitrogens is 3. The molecule has 3 heterocycles. The van der Waals surface area contributed by atoms with E-state index < -0.39 is 0 Å². The molecule has 4 aromatic rings. The fourth-order valence-electron chi connectivity index (χ4n) is 4.51. The van der Waals surface area contributed by atoms with Crippen molar-refractivity contribution in [1.29, 1.82) is 0 Å². The molecular formula is C26H29N5O2S. The van der Waals surface area contributed by atoms with E-state index in [9.17, 15) is 4.79 Å². The Kier molecular flexibility index (Phi) is 6.24. The lowest BCUT2D eigenvalue weighted by atomic mass is 9.97. The highest BCUT2D eigenvalue weighted by atomic mass is 32.1. The molecule has 8 heteroatoms. The largest absolute Gasteiger partial charge is 0.497 e. The Labute approximate surface area is 203 Å². The zero-order valence-corrected chi connectivity index (χ0v) is 20.6. The number of thiazole rings is 1. The van der Waals surface area contributed by atoms with Crippen LogP contribution >= 0.6 is 11.3 Å². The van der Waals surface area contributed by atoms with Crippen LogP contribution in [-0.4, -0.2) is 40.9 Å². The summed E-state index contributed by atoms with van der Waals surface area (Å²) < 4.78 is 8.25. The zero-order valence-electron chi connectivity index (χ0n) is 19.7. The minimum atomic E-state index is -0.0649. The summed E-state index contributed by atoms with van der Waals surface area (Å²) in [5, 5.41) is 8.82. The number of fused-ring (bicyclic) bond motifs is 1. The monoisotopic (exact) mass is 475 g/mol. The quantitative estimate of drug-likeness (QED) is 0.414. The van der Waals surface area contributed by atoms with Crippen LogP contribution < -0.4 is 15.0 Å². The third-order valence-electron chi connectivity index (χ3n) is 6.41. The molecule has 0 saturated carbocycles. The lowest BCUT2D eigenvalue weighted by Crippen LogP contribution is -2.40. The molecule has 0 aliphatic carbocycles. The molecule has 1 unspecified atom stereocenters. The van der Waals surface area contributed by atoms with Crippen molar-refractivity contribution in [3.63, 3.8) is 0 Å². The van der Waals surface area contributed by atoms with Crippen molar-refractivity contribution in [2.24, 2.45) is 5.92 Å². The van der Waals surface area contributed by atoms with E-state index in [-0.39, 0.29) is 11.8 Å². The molecule has 0 spiro atoms. The van der Waals surface area contributed by atoms with Gasteiger partial charge in [-0.05, 0) is 62.1 Å². The van der Waals surface area contributed by atoms with E-state index in [0.29, 0.717) is 6.54 Å². The minimum absolute atomic E-state index is 0.0649. The van der Waals surface area contributed by atoms with Crippen LogP contribution in [-0.2, 0) is 11.2 Å². The number of nitrogens with one attached hydrogen (secondary N) is 1. The second-order valence-electron chi connectivity index (χ2n) is 8.63. The van der Waals surface area contributed by atoms with Crippen LogP contribution in [0.2, 0.25) is 0 Å². The smallest absolute Gasteiger partial charge is 0.229 e. The molecule has 1 atom stereocenters. The van der Waals surface area contributed by atoms with E-state index in [4.69, 9.17) is 14.8 Å². The third-order valence-corrected chi connectivity index (χ3v) is 7.63. The van der Waals surface area contributed by atoms with Crippen molar-refractivity contribution >= 4 is 38.4 Å². The second-order valence-corrected chi connectivity index (χ2v) is 9.61. The first-order valence-electron chi connectivity index (χ1n) is 11.7. The first-order valence-corrected chi connectivity index (χ1v) is 12.5. The Bertz CT molecular complexity index is 1310.